The Balaban J connectivity index is 0.00000364. The highest BCUT2D eigenvalue weighted by atomic mass is 127. The molecule has 0 aromatic carbocycles. The number of hydrogen-bond acceptors (Lipinski definition) is 3. The normalized spacial score (nSPS) is 15.9. The monoisotopic (exact) mass is 490 g/mol. The molecule has 154 valence electrons. The van der Waals surface area contributed by atoms with Gasteiger partial charge in [-0.2, -0.15) is 5.10 Å². The second kappa shape index (κ2) is 11.5. The fraction of sp³-hybridized carbons (Fsp3) is 0.737. The first-order valence-electron chi connectivity index (χ1n) is 9.74. The molecule has 2 N–H and O–H groups in total. The van der Waals surface area contributed by atoms with Crippen molar-refractivity contribution in [2.45, 2.75) is 59.4 Å². The number of rotatable bonds is 6. The summed E-state index contributed by atoms with van der Waals surface area (Å²) in [5, 5.41) is 11.1. The molecule has 0 saturated carbocycles. The van der Waals surface area contributed by atoms with Gasteiger partial charge in [-0.15, -0.1) is 24.0 Å². The molecule has 0 aliphatic carbocycles. The van der Waals surface area contributed by atoms with Gasteiger partial charge in [-0.25, -0.2) is 4.99 Å². The van der Waals surface area contributed by atoms with Crippen LogP contribution in [0.15, 0.2) is 4.99 Å². The third-order valence-corrected chi connectivity index (χ3v) is 4.98. The third kappa shape index (κ3) is 6.97. The van der Waals surface area contributed by atoms with Crippen molar-refractivity contribution in [3.8, 4) is 0 Å². The summed E-state index contributed by atoms with van der Waals surface area (Å²) < 4.78 is 1.92. The highest BCUT2D eigenvalue weighted by Gasteiger charge is 2.17. The minimum atomic E-state index is 0. The Labute approximate surface area is 180 Å². The Morgan fingerprint density at radius 3 is 2.48 bits per heavy atom. The van der Waals surface area contributed by atoms with Gasteiger partial charge >= 0.3 is 0 Å². The molecule has 7 nitrogen and oxygen atoms in total. The highest BCUT2D eigenvalue weighted by Crippen LogP contribution is 2.14. The molecule has 2 rings (SSSR count). The number of guanidine groups is 1. The highest BCUT2D eigenvalue weighted by molar-refractivity contribution is 14.0. The van der Waals surface area contributed by atoms with Crippen LogP contribution in [0.4, 0.5) is 0 Å². The standard InChI is InChI=1S/C19H34N6O.HI/c1-6-20-19(21-13-18(26)25-10-8-7-9-11-25)22-14(2)12-17-15(3)23-24(5)16(17)4;/h14H,6-13H2,1-5H3,(H2,20,21,22);1H. The molecule has 1 aliphatic heterocycles. The van der Waals surface area contributed by atoms with Crippen molar-refractivity contribution in [2.75, 3.05) is 26.2 Å². The largest absolute Gasteiger partial charge is 0.357 e. The molecular formula is C19H35IN6O. The van der Waals surface area contributed by atoms with E-state index in [1.165, 1.54) is 17.7 Å². The van der Waals surface area contributed by atoms with Crippen LogP contribution in [-0.2, 0) is 18.3 Å². The van der Waals surface area contributed by atoms with Crippen LogP contribution in [0, 0.1) is 13.8 Å². The van der Waals surface area contributed by atoms with Crippen molar-refractivity contribution >= 4 is 35.8 Å². The number of nitrogens with one attached hydrogen (secondary N) is 2. The van der Waals surface area contributed by atoms with Crippen LogP contribution in [0.3, 0.4) is 0 Å². The van der Waals surface area contributed by atoms with E-state index in [0.717, 1.165) is 44.6 Å². The van der Waals surface area contributed by atoms with Gasteiger partial charge in [0.15, 0.2) is 5.96 Å². The number of halogens is 1. The van der Waals surface area contributed by atoms with E-state index in [0.29, 0.717) is 5.96 Å². The van der Waals surface area contributed by atoms with Gasteiger partial charge in [0.25, 0.3) is 0 Å². The molecule has 1 saturated heterocycles. The van der Waals surface area contributed by atoms with Crippen molar-refractivity contribution in [3.63, 3.8) is 0 Å². The number of carbonyl (C=O) groups excluding carboxylic acids is 1. The van der Waals surface area contributed by atoms with Crippen molar-refractivity contribution in [1.82, 2.24) is 25.3 Å². The second-order valence-electron chi connectivity index (χ2n) is 7.16. The number of likely N-dealkylation sites (tertiary alicyclic amines) is 1. The molecule has 1 aliphatic rings. The number of nitrogens with zero attached hydrogens (tertiary/aromatic N) is 4. The van der Waals surface area contributed by atoms with Crippen LogP contribution >= 0.6 is 24.0 Å². The smallest absolute Gasteiger partial charge is 0.244 e. The van der Waals surface area contributed by atoms with Crippen molar-refractivity contribution < 1.29 is 4.79 Å². The van der Waals surface area contributed by atoms with Crippen LogP contribution in [0.25, 0.3) is 0 Å². The Hall–Kier alpha value is -1.32. The van der Waals surface area contributed by atoms with E-state index in [9.17, 15) is 4.79 Å². The zero-order valence-electron chi connectivity index (χ0n) is 17.3. The SMILES string of the molecule is CCNC(=NCC(=O)N1CCCCC1)NC(C)Cc1c(C)nn(C)c1C.I. The molecule has 8 heteroatoms. The lowest BCUT2D eigenvalue weighted by Crippen LogP contribution is -2.44. The van der Waals surface area contributed by atoms with Crippen LogP contribution in [0.5, 0.6) is 0 Å². The maximum Gasteiger partial charge on any atom is 0.244 e. The maximum absolute atomic E-state index is 12.3. The van der Waals surface area contributed by atoms with E-state index in [2.05, 4.69) is 34.6 Å². The molecule has 1 aromatic heterocycles. The minimum Gasteiger partial charge on any atom is -0.357 e. The molecule has 0 radical (unpaired) electrons. The second-order valence-corrected chi connectivity index (χ2v) is 7.16. The predicted molar refractivity (Wildman–Crippen MR) is 121 cm³/mol. The van der Waals surface area contributed by atoms with Crippen LogP contribution < -0.4 is 10.6 Å². The zero-order chi connectivity index (χ0) is 19.1. The molecule has 1 aromatic rings. The number of aliphatic imine (C=N–C) groups is 1. The van der Waals surface area contributed by atoms with E-state index in [1.54, 1.807) is 0 Å². The van der Waals surface area contributed by atoms with Crippen molar-refractivity contribution in [1.29, 1.82) is 0 Å². The Kier molecular flexibility index (Phi) is 10.1. The van der Waals surface area contributed by atoms with Gasteiger partial charge in [-0.05, 0) is 58.9 Å². The van der Waals surface area contributed by atoms with Crippen molar-refractivity contribution in [2.24, 2.45) is 12.0 Å². The van der Waals surface area contributed by atoms with Gasteiger partial charge in [0.2, 0.25) is 5.91 Å². The van der Waals surface area contributed by atoms with Gasteiger partial charge in [0, 0.05) is 38.4 Å². The van der Waals surface area contributed by atoms with Gasteiger partial charge in [-0.1, -0.05) is 0 Å². The van der Waals surface area contributed by atoms with Crippen LogP contribution in [0.1, 0.15) is 50.1 Å². The lowest BCUT2D eigenvalue weighted by molar-refractivity contribution is -0.130. The Bertz CT molecular complexity index is 636. The Morgan fingerprint density at radius 1 is 1.26 bits per heavy atom. The van der Waals surface area contributed by atoms with Gasteiger partial charge in [0.05, 0.1) is 5.69 Å². The topological polar surface area (TPSA) is 74.6 Å². The van der Waals surface area contributed by atoms with Gasteiger partial charge in [-0.3, -0.25) is 9.48 Å². The molecule has 0 bridgehead atoms. The first-order valence-corrected chi connectivity index (χ1v) is 9.74. The molecular weight excluding hydrogens is 455 g/mol. The number of amides is 1. The van der Waals surface area contributed by atoms with Gasteiger partial charge < -0.3 is 15.5 Å². The van der Waals surface area contributed by atoms with Gasteiger partial charge in [0.1, 0.15) is 6.54 Å². The van der Waals surface area contributed by atoms with E-state index >= 15 is 0 Å². The predicted octanol–water partition coefficient (Wildman–Crippen LogP) is 2.15. The zero-order valence-corrected chi connectivity index (χ0v) is 19.7. The summed E-state index contributed by atoms with van der Waals surface area (Å²) in [6.07, 6.45) is 4.31. The first-order chi connectivity index (χ1) is 12.4. The molecule has 1 amide bonds. The molecule has 2 heterocycles. The fourth-order valence-electron chi connectivity index (χ4n) is 3.41. The third-order valence-electron chi connectivity index (χ3n) is 4.98. The lowest BCUT2D eigenvalue weighted by Gasteiger charge is -2.26. The molecule has 1 atom stereocenters. The summed E-state index contributed by atoms with van der Waals surface area (Å²) in [6.45, 7) is 11.0. The average molecular weight is 490 g/mol. The molecule has 1 unspecified atom stereocenters. The summed E-state index contributed by atoms with van der Waals surface area (Å²) in [4.78, 5) is 18.8. The van der Waals surface area contributed by atoms with E-state index in [4.69, 9.17) is 0 Å². The van der Waals surface area contributed by atoms with Crippen LogP contribution in [-0.4, -0.2) is 58.8 Å². The molecule has 1 fully saturated rings. The number of hydrogen-bond donors (Lipinski definition) is 2. The van der Waals surface area contributed by atoms with E-state index < -0.39 is 0 Å². The van der Waals surface area contributed by atoms with E-state index in [-0.39, 0.29) is 42.5 Å². The maximum atomic E-state index is 12.3. The number of piperidine rings is 1. The minimum absolute atomic E-state index is 0. The molecule has 27 heavy (non-hydrogen) atoms. The van der Waals surface area contributed by atoms with Crippen molar-refractivity contribution in [3.05, 3.63) is 17.0 Å². The molecule has 0 spiro atoms. The quantitative estimate of drug-likeness (QED) is 0.364. The van der Waals surface area contributed by atoms with Crippen LogP contribution in [0.2, 0.25) is 0 Å². The Morgan fingerprint density at radius 2 is 1.93 bits per heavy atom. The summed E-state index contributed by atoms with van der Waals surface area (Å²) in [5.41, 5.74) is 3.53. The number of carbonyl (C=O) groups is 1. The lowest BCUT2D eigenvalue weighted by atomic mass is 10.1. The number of aryl methyl sites for hydroxylation is 2. The first kappa shape index (κ1) is 23.7. The fourth-order valence-corrected chi connectivity index (χ4v) is 3.41. The summed E-state index contributed by atoms with van der Waals surface area (Å²) in [6, 6.07) is 0.194. The summed E-state index contributed by atoms with van der Waals surface area (Å²) in [5.74, 6) is 0.818. The van der Waals surface area contributed by atoms with E-state index in [1.807, 2.05) is 30.5 Å². The summed E-state index contributed by atoms with van der Waals surface area (Å²) in [7, 11) is 1.97. The summed E-state index contributed by atoms with van der Waals surface area (Å²) >= 11 is 0. The number of aromatic nitrogens is 2. The average Bonchev–Trinajstić information content (AvgIpc) is 2.86.